The van der Waals surface area contributed by atoms with Gasteiger partial charge in [0.2, 0.25) is 11.2 Å². The van der Waals surface area contributed by atoms with Gasteiger partial charge in [0, 0.05) is 11.6 Å². The first kappa shape index (κ1) is 6.29. The highest BCUT2D eigenvalue weighted by Crippen LogP contribution is 2.21. The van der Waals surface area contributed by atoms with Crippen LogP contribution in [0, 0.1) is 10.1 Å². The van der Waals surface area contributed by atoms with E-state index in [2.05, 4.69) is 4.98 Å². The SMILES string of the molecule is O=[N+]([O-])c1ncn2ccsc12. The largest absolute Gasteiger partial charge is 0.400 e. The minimum Gasteiger partial charge on any atom is -0.358 e. The van der Waals surface area contributed by atoms with Gasteiger partial charge in [0.25, 0.3) is 0 Å². The lowest BCUT2D eigenvalue weighted by Gasteiger charge is -1.84. The van der Waals surface area contributed by atoms with Gasteiger partial charge in [-0.05, 0) is 9.91 Å². The van der Waals surface area contributed by atoms with Crippen molar-refractivity contribution in [1.82, 2.24) is 9.38 Å². The van der Waals surface area contributed by atoms with Gasteiger partial charge in [-0.1, -0.05) is 0 Å². The van der Waals surface area contributed by atoms with Gasteiger partial charge in [-0.2, -0.15) is 0 Å². The van der Waals surface area contributed by atoms with Gasteiger partial charge in [-0.25, -0.2) is 0 Å². The zero-order valence-corrected chi connectivity index (χ0v) is 6.11. The van der Waals surface area contributed by atoms with Crippen LogP contribution in [0.15, 0.2) is 17.9 Å². The van der Waals surface area contributed by atoms with Crippen LogP contribution < -0.4 is 0 Å². The molecule has 0 bridgehead atoms. The molecule has 0 unspecified atom stereocenters. The van der Waals surface area contributed by atoms with E-state index >= 15 is 0 Å². The molecule has 0 saturated carbocycles. The highest BCUT2D eigenvalue weighted by molar-refractivity contribution is 7.16. The van der Waals surface area contributed by atoms with Crippen molar-refractivity contribution in [2.45, 2.75) is 0 Å². The van der Waals surface area contributed by atoms with Gasteiger partial charge in [-0.15, -0.1) is 11.3 Å². The van der Waals surface area contributed by atoms with Crippen LogP contribution in [0.1, 0.15) is 0 Å². The first-order chi connectivity index (χ1) is 5.29. The van der Waals surface area contributed by atoms with Crippen LogP contribution in [-0.2, 0) is 0 Å². The number of fused-ring (bicyclic) bond motifs is 1. The van der Waals surface area contributed by atoms with E-state index in [9.17, 15) is 10.1 Å². The predicted molar refractivity (Wildman–Crippen MR) is 39.7 cm³/mol. The van der Waals surface area contributed by atoms with E-state index in [-0.39, 0.29) is 5.82 Å². The lowest BCUT2D eigenvalue weighted by molar-refractivity contribution is -0.387. The van der Waals surface area contributed by atoms with Crippen molar-refractivity contribution in [2.24, 2.45) is 0 Å². The maximum atomic E-state index is 10.3. The molecule has 0 saturated heterocycles. The molecule has 0 aromatic carbocycles. The average Bonchev–Trinajstić information content (AvgIpc) is 2.41. The molecule has 6 heteroatoms. The molecule has 0 spiro atoms. The molecule has 11 heavy (non-hydrogen) atoms. The number of aromatic nitrogens is 2. The number of imidazole rings is 1. The van der Waals surface area contributed by atoms with Gasteiger partial charge < -0.3 is 10.1 Å². The molecule has 0 atom stereocenters. The quantitative estimate of drug-likeness (QED) is 0.477. The Labute approximate surface area is 65.1 Å². The zero-order chi connectivity index (χ0) is 7.84. The molecule has 2 aromatic rings. The molecule has 2 heterocycles. The van der Waals surface area contributed by atoms with Gasteiger partial charge >= 0.3 is 5.82 Å². The monoisotopic (exact) mass is 169 g/mol. The van der Waals surface area contributed by atoms with Crippen LogP contribution in [0.4, 0.5) is 5.82 Å². The van der Waals surface area contributed by atoms with Crippen LogP contribution in [0.25, 0.3) is 4.83 Å². The van der Waals surface area contributed by atoms with Crippen LogP contribution in [-0.4, -0.2) is 14.3 Å². The summed E-state index contributed by atoms with van der Waals surface area (Å²) in [6.45, 7) is 0. The van der Waals surface area contributed by atoms with E-state index in [1.807, 2.05) is 0 Å². The molecule has 0 aliphatic carbocycles. The third kappa shape index (κ3) is 0.795. The highest BCUT2D eigenvalue weighted by Gasteiger charge is 2.15. The Balaban J connectivity index is 2.78. The summed E-state index contributed by atoms with van der Waals surface area (Å²) < 4.78 is 1.63. The number of thiazole rings is 1. The van der Waals surface area contributed by atoms with Gasteiger partial charge in [0.15, 0.2) is 0 Å². The molecule has 5 nitrogen and oxygen atoms in total. The van der Waals surface area contributed by atoms with Crippen LogP contribution in [0.3, 0.4) is 0 Å². The van der Waals surface area contributed by atoms with E-state index in [0.29, 0.717) is 4.83 Å². The van der Waals surface area contributed by atoms with Crippen molar-refractivity contribution in [2.75, 3.05) is 0 Å². The Morgan fingerprint density at radius 3 is 3.27 bits per heavy atom. The van der Waals surface area contributed by atoms with Gasteiger partial charge in [0.05, 0.1) is 0 Å². The van der Waals surface area contributed by atoms with Crippen molar-refractivity contribution < 1.29 is 4.92 Å². The van der Waals surface area contributed by atoms with E-state index in [0.717, 1.165) is 0 Å². The Bertz CT molecular complexity index is 404. The van der Waals surface area contributed by atoms with Crippen LogP contribution in [0.5, 0.6) is 0 Å². The third-order valence-electron chi connectivity index (χ3n) is 1.30. The molecule has 0 aliphatic rings. The summed E-state index contributed by atoms with van der Waals surface area (Å²) in [4.78, 5) is 14.0. The van der Waals surface area contributed by atoms with Gasteiger partial charge in [0.1, 0.15) is 0 Å². The maximum Gasteiger partial charge on any atom is 0.400 e. The zero-order valence-electron chi connectivity index (χ0n) is 5.30. The summed E-state index contributed by atoms with van der Waals surface area (Å²) in [7, 11) is 0. The predicted octanol–water partition coefficient (Wildman–Crippen LogP) is 1.30. The van der Waals surface area contributed by atoms with E-state index in [1.165, 1.54) is 17.7 Å². The molecule has 0 amide bonds. The molecule has 0 radical (unpaired) electrons. The number of hydrogen-bond acceptors (Lipinski definition) is 4. The molecular formula is C5H3N3O2S. The molecular weight excluding hydrogens is 166 g/mol. The number of nitro groups is 1. The lowest BCUT2D eigenvalue weighted by atomic mass is 10.8. The molecule has 0 N–H and O–H groups in total. The van der Waals surface area contributed by atoms with Crippen molar-refractivity contribution in [3.05, 3.63) is 28.0 Å². The average molecular weight is 169 g/mol. The maximum absolute atomic E-state index is 10.3. The van der Waals surface area contributed by atoms with Crippen molar-refractivity contribution in [3.63, 3.8) is 0 Å². The molecule has 56 valence electrons. The summed E-state index contributed by atoms with van der Waals surface area (Å²) in [5, 5.41) is 12.1. The Kier molecular flexibility index (Phi) is 1.16. The summed E-state index contributed by atoms with van der Waals surface area (Å²) in [6, 6.07) is 0. The second kappa shape index (κ2) is 2.03. The molecule has 2 rings (SSSR count). The minimum absolute atomic E-state index is 0.0694. The van der Waals surface area contributed by atoms with Crippen molar-refractivity contribution in [3.8, 4) is 0 Å². The smallest absolute Gasteiger partial charge is 0.358 e. The second-order valence-electron chi connectivity index (χ2n) is 1.94. The highest BCUT2D eigenvalue weighted by atomic mass is 32.1. The van der Waals surface area contributed by atoms with Crippen LogP contribution >= 0.6 is 11.3 Å². The molecule has 0 fully saturated rings. The fourth-order valence-corrected chi connectivity index (χ4v) is 1.63. The summed E-state index contributed by atoms with van der Waals surface area (Å²) in [5.74, 6) is -0.0694. The second-order valence-corrected chi connectivity index (χ2v) is 2.84. The lowest BCUT2D eigenvalue weighted by Crippen LogP contribution is -1.86. The summed E-state index contributed by atoms with van der Waals surface area (Å²) in [6.07, 6.45) is 3.17. The molecule has 0 aliphatic heterocycles. The van der Waals surface area contributed by atoms with Crippen LogP contribution in [0.2, 0.25) is 0 Å². The van der Waals surface area contributed by atoms with Crippen molar-refractivity contribution in [1.29, 1.82) is 0 Å². The number of rotatable bonds is 1. The third-order valence-corrected chi connectivity index (χ3v) is 2.18. The topological polar surface area (TPSA) is 60.4 Å². The standard InChI is InChI=1S/C5H3N3O2S/c9-8(10)4-5-7(3-6-4)1-2-11-5/h1-3H. The first-order valence-electron chi connectivity index (χ1n) is 2.83. The fourth-order valence-electron chi connectivity index (χ4n) is 0.845. The molecule has 2 aromatic heterocycles. The van der Waals surface area contributed by atoms with Gasteiger partial charge in [-0.3, -0.25) is 4.40 Å². The summed E-state index contributed by atoms with van der Waals surface area (Å²) in [5.41, 5.74) is 0. The van der Waals surface area contributed by atoms with E-state index in [1.54, 1.807) is 16.0 Å². The number of nitrogens with zero attached hydrogens (tertiary/aromatic N) is 3. The first-order valence-corrected chi connectivity index (χ1v) is 3.71. The van der Waals surface area contributed by atoms with Crippen molar-refractivity contribution >= 4 is 22.0 Å². The Morgan fingerprint density at radius 2 is 2.55 bits per heavy atom. The van der Waals surface area contributed by atoms with E-state index in [4.69, 9.17) is 0 Å². The minimum atomic E-state index is -0.480. The number of hydrogen-bond donors (Lipinski definition) is 0. The van der Waals surface area contributed by atoms with E-state index < -0.39 is 4.92 Å². The normalized spacial score (nSPS) is 10.5. The summed E-state index contributed by atoms with van der Waals surface area (Å²) >= 11 is 1.31. The Morgan fingerprint density at radius 1 is 1.73 bits per heavy atom. The fraction of sp³-hybridized carbons (Fsp3) is 0. The Hall–Kier alpha value is -1.43.